The number of aryl methyl sites for hydroxylation is 2. The van der Waals surface area contributed by atoms with Gasteiger partial charge in [0, 0.05) is 5.69 Å². The first kappa shape index (κ1) is 13.8. The number of rotatable bonds is 3. The second kappa shape index (κ2) is 5.17. The second-order valence-electron chi connectivity index (χ2n) is 5.44. The molecule has 1 aliphatic carbocycles. The van der Waals surface area contributed by atoms with Crippen LogP contribution in [0.3, 0.4) is 0 Å². The van der Waals surface area contributed by atoms with Crippen LogP contribution in [0.2, 0.25) is 0 Å². The van der Waals surface area contributed by atoms with Crippen molar-refractivity contribution in [1.82, 2.24) is 10.3 Å². The van der Waals surface area contributed by atoms with Crippen molar-refractivity contribution in [1.29, 1.82) is 0 Å². The van der Waals surface area contributed by atoms with Crippen LogP contribution in [0.1, 0.15) is 47.3 Å². The summed E-state index contributed by atoms with van der Waals surface area (Å²) in [5.74, 6) is -0.394. The topological polar surface area (TPSA) is 82.2 Å². The van der Waals surface area contributed by atoms with Crippen LogP contribution in [0.15, 0.2) is 10.9 Å². The van der Waals surface area contributed by atoms with Gasteiger partial charge in [-0.1, -0.05) is 12.8 Å². The first-order valence-corrected chi connectivity index (χ1v) is 6.61. The molecule has 2 rings (SSSR count). The molecular weight excluding hydrogens is 244 g/mol. The molecule has 1 amide bonds. The highest BCUT2D eigenvalue weighted by molar-refractivity contribution is 5.95. The van der Waals surface area contributed by atoms with E-state index in [1.807, 2.05) is 0 Å². The fourth-order valence-corrected chi connectivity index (χ4v) is 2.81. The third kappa shape index (κ3) is 2.71. The first-order valence-electron chi connectivity index (χ1n) is 6.61. The molecule has 0 radical (unpaired) electrons. The number of pyridine rings is 1. The molecule has 1 saturated carbocycles. The molecule has 0 atom stereocenters. The van der Waals surface area contributed by atoms with Gasteiger partial charge in [-0.15, -0.1) is 0 Å². The van der Waals surface area contributed by atoms with Crippen molar-refractivity contribution < 1.29 is 9.90 Å². The fraction of sp³-hybridized carbons (Fsp3) is 0.571. The zero-order valence-electron chi connectivity index (χ0n) is 11.4. The summed E-state index contributed by atoms with van der Waals surface area (Å²) in [6.45, 7) is 3.45. The molecule has 104 valence electrons. The van der Waals surface area contributed by atoms with Crippen LogP contribution in [-0.4, -0.2) is 28.1 Å². The highest BCUT2D eigenvalue weighted by atomic mass is 16.3. The number of aliphatic hydroxyl groups is 1. The third-order valence-corrected chi connectivity index (χ3v) is 3.83. The number of amides is 1. The molecule has 1 heterocycles. The maximum atomic E-state index is 12.3. The average molecular weight is 264 g/mol. The zero-order chi connectivity index (χ0) is 14.0. The molecule has 3 N–H and O–H groups in total. The monoisotopic (exact) mass is 264 g/mol. The Morgan fingerprint density at radius 1 is 1.42 bits per heavy atom. The highest BCUT2D eigenvalue weighted by Crippen LogP contribution is 2.29. The van der Waals surface area contributed by atoms with Gasteiger partial charge in [0.05, 0.1) is 12.1 Å². The second-order valence-corrected chi connectivity index (χ2v) is 5.44. The van der Waals surface area contributed by atoms with E-state index in [1.54, 1.807) is 19.9 Å². The Kier molecular flexibility index (Phi) is 3.75. The van der Waals surface area contributed by atoms with Gasteiger partial charge in [0.25, 0.3) is 11.5 Å². The van der Waals surface area contributed by atoms with Crippen molar-refractivity contribution in [3.8, 4) is 0 Å². The molecule has 0 saturated heterocycles. The Balaban J connectivity index is 2.28. The average Bonchev–Trinajstić information content (AvgIpc) is 2.76. The molecule has 0 unspecified atom stereocenters. The molecule has 0 bridgehead atoms. The Bertz CT molecular complexity index is 542. The lowest BCUT2D eigenvalue weighted by Gasteiger charge is -2.28. The summed E-state index contributed by atoms with van der Waals surface area (Å²) in [7, 11) is 0. The van der Waals surface area contributed by atoms with E-state index in [4.69, 9.17) is 0 Å². The number of nitrogens with one attached hydrogen (secondary N) is 2. The summed E-state index contributed by atoms with van der Waals surface area (Å²) < 4.78 is 0. The number of H-pyrrole nitrogens is 1. The van der Waals surface area contributed by atoms with E-state index in [0.29, 0.717) is 5.56 Å². The largest absolute Gasteiger partial charge is 0.394 e. The zero-order valence-corrected chi connectivity index (χ0v) is 11.4. The van der Waals surface area contributed by atoms with Gasteiger partial charge in [-0.2, -0.15) is 0 Å². The molecule has 1 aliphatic rings. The molecule has 1 fully saturated rings. The molecule has 5 nitrogen and oxygen atoms in total. The highest BCUT2D eigenvalue weighted by Gasteiger charge is 2.35. The van der Waals surface area contributed by atoms with Gasteiger partial charge < -0.3 is 15.4 Å². The predicted octanol–water partition coefficient (Wildman–Crippen LogP) is 1.03. The van der Waals surface area contributed by atoms with E-state index in [9.17, 15) is 14.7 Å². The lowest BCUT2D eigenvalue weighted by molar-refractivity contribution is 0.0836. The number of aromatic nitrogens is 1. The number of carbonyl (C=O) groups excluding carboxylic acids is 1. The van der Waals surface area contributed by atoms with E-state index >= 15 is 0 Å². The molecule has 1 aromatic rings. The van der Waals surface area contributed by atoms with Gasteiger partial charge in [-0.05, 0) is 38.3 Å². The number of aromatic amines is 1. The summed E-state index contributed by atoms with van der Waals surface area (Å²) in [5.41, 5.74) is 0.606. The molecular formula is C14H20N2O3. The van der Waals surface area contributed by atoms with Gasteiger partial charge in [-0.25, -0.2) is 0 Å². The SMILES string of the molecule is Cc1cc(C)c(C(=O)NC2(CO)CCCC2)c(=O)[nH]1. The molecule has 1 aromatic heterocycles. The van der Waals surface area contributed by atoms with Gasteiger partial charge in [0.1, 0.15) is 5.56 Å². The van der Waals surface area contributed by atoms with Crippen LogP contribution < -0.4 is 10.9 Å². The summed E-state index contributed by atoms with van der Waals surface area (Å²) in [6.07, 6.45) is 3.50. The summed E-state index contributed by atoms with van der Waals surface area (Å²) in [4.78, 5) is 26.8. The minimum absolute atomic E-state index is 0.0818. The molecule has 0 aliphatic heterocycles. The van der Waals surface area contributed by atoms with Crippen molar-refractivity contribution in [2.45, 2.75) is 45.1 Å². The first-order chi connectivity index (χ1) is 8.97. The minimum Gasteiger partial charge on any atom is -0.394 e. The van der Waals surface area contributed by atoms with Crippen molar-refractivity contribution in [2.24, 2.45) is 0 Å². The Labute approximate surface area is 112 Å². The van der Waals surface area contributed by atoms with Gasteiger partial charge in [-0.3, -0.25) is 9.59 Å². The van der Waals surface area contributed by atoms with Gasteiger partial charge in [0.15, 0.2) is 0 Å². The van der Waals surface area contributed by atoms with Gasteiger partial charge in [0.2, 0.25) is 0 Å². The van der Waals surface area contributed by atoms with Crippen molar-refractivity contribution >= 4 is 5.91 Å². The molecule has 19 heavy (non-hydrogen) atoms. The van der Waals surface area contributed by atoms with Gasteiger partial charge >= 0.3 is 0 Å². The van der Waals surface area contributed by atoms with E-state index in [2.05, 4.69) is 10.3 Å². The van der Waals surface area contributed by atoms with Crippen LogP contribution in [-0.2, 0) is 0 Å². The maximum absolute atomic E-state index is 12.3. The lowest BCUT2D eigenvalue weighted by Crippen LogP contribution is -2.50. The van der Waals surface area contributed by atoms with Crippen LogP contribution in [0.5, 0.6) is 0 Å². The number of carbonyl (C=O) groups is 1. The van der Waals surface area contributed by atoms with Crippen molar-refractivity contribution in [2.75, 3.05) is 6.61 Å². The van der Waals surface area contributed by atoms with E-state index in [-0.39, 0.29) is 17.7 Å². The van der Waals surface area contributed by atoms with Crippen molar-refractivity contribution in [3.05, 3.63) is 33.2 Å². The van der Waals surface area contributed by atoms with Crippen LogP contribution >= 0.6 is 0 Å². The number of hydrogen-bond donors (Lipinski definition) is 3. The standard InChI is InChI=1S/C14H20N2O3/c1-9-7-10(2)15-12(18)11(9)13(19)16-14(8-17)5-3-4-6-14/h7,17H,3-6,8H2,1-2H3,(H,15,18)(H,16,19). The fourth-order valence-electron chi connectivity index (χ4n) is 2.81. The number of aliphatic hydroxyl groups excluding tert-OH is 1. The maximum Gasteiger partial charge on any atom is 0.261 e. The molecule has 5 heteroatoms. The van der Waals surface area contributed by atoms with Crippen LogP contribution in [0.25, 0.3) is 0 Å². The summed E-state index contributed by atoms with van der Waals surface area (Å²) in [5, 5.41) is 12.3. The Morgan fingerprint density at radius 3 is 2.58 bits per heavy atom. The quantitative estimate of drug-likeness (QED) is 0.762. The summed E-state index contributed by atoms with van der Waals surface area (Å²) >= 11 is 0. The van der Waals surface area contributed by atoms with Crippen LogP contribution in [0, 0.1) is 13.8 Å². The minimum atomic E-state index is -0.555. The smallest absolute Gasteiger partial charge is 0.261 e. The Morgan fingerprint density at radius 2 is 2.05 bits per heavy atom. The molecule has 0 aromatic carbocycles. The predicted molar refractivity (Wildman–Crippen MR) is 72.3 cm³/mol. The Hall–Kier alpha value is -1.62. The molecule has 0 spiro atoms. The van der Waals surface area contributed by atoms with E-state index < -0.39 is 11.4 Å². The normalized spacial score (nSPS) is 17.4. The van der Waals surface area contributed by atoms with E-state index in [0.717, 1.165) is 31.4 Å². The van der Waals surface area contributed by atoms with Crippen LogP contribution in [0.4, 0.5) is 0 Å². The van der Waals surface area contributed by atoms with Crippen molar-refractivity contribution in [3.63, 3.8) is 0 Å². The number of hydrogen-bond acceptors (Lipinski definition) is 3. The van der Waals surface area contributed by atoms with E-state index in [1.165, 1.54) is 0 Å². The third-order valence-electron chi connectivity index (χ3n) is 3.83. The lowest BCUT2D eigenvalue weighted by atomic mass is 9.98. The summed E-state index contributed by atoms with van der Waals surface area (Å²) in [6, 6.07) is 1.77.